The fraction of sp³-hybridized carbons (Fsp3) is 1.00. The fourth-order valence-electron chi connectivity index (χ4n) is 0.620. The lowest BCUT2D eigenvalue weighted by Crippen LogP contribution is -2.63. The predicted molar refractivity (Wildman–Crippen MR) is 42.0 cm³/mol. The van der Waals surface area contributed by atoms with Gasteiger partial charge >= 0.3 is 33.1 Å². The number of hydrogen-bond acceptors (Lipinski definition) is 3. The quantitative estimate of drug-likeness (QED) is 0.616. The van der Waals surface area contributed by atoms with Gasteiger partial charge < -0.3 is 6.15 Å². The molecule has 112 valence electrons. The van der Waals surface area contributed by atoms with Crippen LogP contribution in [-0.4, -0.2) is 36.0 Å². The summed E-state index contributed by atoms with van der Waals surface area (Å²) in [4.78, 5) is 0. The van der Waals surface area contributed by atoms with E-state index in [0.29, 0.717) is 0 Å². The van der Waals surface area contributed by atoms with Crippen LogP contribution in [0.4, 0.5) is 35.1 Å². The average molecular weight is 313 g/mol. The molecule has 4 N–H and O–H groups in total. The van der Waals surface area contributed by atoms with Crippen molar-refractivity contribution in [3.63, 3.8) is 0 Å². The van der Waals surface area contributed by atoms with Crippen LogP contribution in [0.15, 0.2) is 0 Å². The van der Waals surface area contributed by atoms with E-state index in [0.717, 1.165) is 0 Å². The monoisotopic (exact) mass is 313 g/mol. The molecule has 0 spiro atoms. The Kier molecular flexibility index (Phi) is 4.86. The Morgan fingerprint density at radius 2 is 1.11 bits per heavy atom. The predicted octanol–water partition coefficient (Wildman–Crippen LogP) is 2.55. The summed E-state index contributed by atoms with van der Waals surface area (Å²) >= 11 is 0. The SMILES string of the molecule is CC(F)(F)C(F)(F)C(F)(F)C(F)(F)S(=O)(=O)O.N. The van der Waals surface area contributed by atoms with E-state index in [9.17, 15) is 43.5 Å². The molecular formula is C5H7F8NO3S. The first kappa shape index (κ1) is 19.6. The first-order valence-corrected chi connectivity index (χ1v) is 4.92. The van der Waals surface area contributed by atoms with Crippen molar-refractivity contribution >= 4 is 10.1 Å². The van der Waals surface area contributed by atoms with Crippen LogP contribution in [0.5, 0.6) is 0 Å². The Morgan fingerprint density at radius 1 is 0.833 bits per heavy atom. The summed E-state index contributed by atoms with van der Waals surface area (Å²) in [7, 11) is -7.00. The van der Waals surface area contributed by atoms with Crippen LogP contribution in [0, 0.1) is 0 Å². The van der Waals surface area contributed by atoms with Crippen molar-refractivity contribution in [2.75, 3.05) is 0 Å². The normalized spacial score (nSPS) is 15.2. The Bertz CT molecular complexity index is 399. The zero-order valence-electron chi connectivity index (χ0n) is 8.40. The standard InChI is InChI=1S/C5H4F8O3S.H3N/c1-2(6,7)3(8,9)4(10,11)5(12,13)17(14,15)16;/h1H3,(H,14,15,16);1H3. The highest BCUT2D eigenvalue weighted by Crippen LogP contribution is 2.53. The summed E-state index contributed by atoms with van der Waals surface area (Å²) in [5.41, 5.74) is 0. The van der Waals surface area contributed by atoms with Gasteiger partial charge in [-0.3, -0.25) is 4.55 Å². The molecule has 0 aromatic carbocycles. The molecule has 0 aliphatic carbocycles. The van der Waals surface area contributed by atoms with Gasteiger partial charge in [0.15, 0.2) is 0 Å². The molecule has 13 heteroatoms. The molecule has 0 saturated heterocycles. The molecule has 0 atom stereocenters. The van der Waals surface area contributed by atoms with E-state index < -0.39 is 40.1 Å². The molecule has 0 aliphatic heterocycles. The fourth-order valence-corrected chi connectivity index (χ4v) is 1.07. The molecule has 0 rings (SSSR count). The summed E-state index contributed by atoms with van der Waals surface area (Å²) in [5.74, 6) is -19.3. The number of alkyl halides is 8. The van der Waals surface area contributed by atoms with Crippen molar-refractivity contribution in [1.29, 1.82) is 0 Å². The van der Waals surface area contributed by atoms with Gasteiger partial charge in [0.25, 0.3) is 0 Å². The molecule has 0 heterocycles. The second-order valence-corrected chi connectivity index (χ2v) is 4.49. The highest BCUT2D eigenvalue weighted by Gasteiger charge is 2.83. The maximum atomic E-state index is 12.5. The lowest BCUT2D eigenvalue weighted by atomic mass is 10.1. The minimum Gasteiger partial charge on any atom is -0.344 e. The average Bonchev–Trinajstić information content (AvgIpc) is 1.98. The lowest BCUT2D eigenvalue weighted by Gasteiger charge is -2.33. The Hall–Kier alpha value is -0.690. The Balaban J connectivity index is 0. The molecular weight excluding hydrogens is 306 g/mol. The van der Waals surface area contributed by atoms with E-state index in [-0.39, 0.29) is 6.15 Å². The Labute approximate surface area is 95.3 Å². The van der Waals surface area contributed by atoms with E-state index in [1.165, 1.54) is 0 Å². The minimum absolute atomic E-state index is 0. The Morgan fingerprint density at radius 3 is 1.28 bits per heavy atom. The maximum absolute atomic E-state index is 12.5. The third kappa shape index (κ3) is 2.51. The van der Waals surface area contributed by atoms with Crippen molar-refractivity contribution in [2.45, 2.75) is 29.9 Å². The molecule has 0 aromatic heterocycles. The van der Waals surface area contributed by atoms with Crippen molar-refractivity contribution in [2.24, 2.45) is 0 Å². The highest BCUT2D eigenvalue weighted by molar-refractivity contribution is 7.87. The zero-order chi connectivity index (χ0) is 14.5. The second kappa shape index (κ2) is 4.45. The molecule has 0 saturated carbocycles. The van der Waals surface area contributed by atoms with Crippen molar-refractivity contribution in [1.82, 2.24) is 6.15 Å². The lowest BCUT2D eigenvalue weighted by molar-refractivity contribution is -0.343. The topological polar surface area (TPSA) is 89.4 Å². The van der Waals surface area contributed by atoms with E-state index >= 15 is 0 Å². The largest absolute Gasteiger partial charge is 0.438 e. The van der Waals surface area contributed by atoms with Crippen LogP contribution in [0.2, 0.25) is 0 Å². The van der Waals surface area contributed by atoms with Crippen LogP contribution in [0.1, 0.15) is 6.92 Å². The first-order chi connectivity index (χ1) is 7.00. The molecule has 4 nitrogen and oxygen atoms in total. The van der Waals surface area contributed by atoms with Gasteiger partial charge in [0.05, 0.1) is 0 Å². The highest BCUT2D eigenvalue weighted by atomic mass is 32.2. The van der Waals surface area contributed by atoms with Gasteiger partial charge in [-0.05, 0) is 0 Å². The second-order valence-electron chi connectivity index (χ2n) is 3.03. The van der Waals surface area contributed by atoms with Crippen LogP contribution in [0.3, 0.4) is 0 Å². The van der Waals surface area contributed by atoms with E-state index in [2.05, 4.69) is 0 Å². The number of hydrogen-bond donors (Lipinski definition) is 2. The van der Waals surface area contributed by atoms with Gasteiger partial charge in [0.2, 0.25) is 0 Å². The number of rotatable bonds is 4. The van der Waals surface area contributed by atoms with Gasteiger partial charge in [-0.2, -0.15) is 43.5 Å². The van der Waals surface area contributed by atoms with Gasteiger partial charge in [0, 0.05) is 6.92 Å². The molecule has 18 heavy (non-hydrogen) atoms. The molecule has 0 fully saturated rings. The van der Waals surface area contributed by atoms with Crippen LogP contribution in [0.25, 0.3) is 0 Å². The van der Waals surface area contributed by atoms with Crippen molar-refractivity contribution in [3.05, 3.63) is 0 Å². The van der Waals surface area contributed by atoms with Crippen molar-refractivity contribution < 1.29 is 48.1 Å². The zero-order valence-corrected chi connectivity index (χ0v) is 9.22. The third-order valence-electron chi connectivity index (χ3n) is 1.64. The van der Waals surface area contributed by atoms with E-state index in [4.69, 9.17) is 4.55 Å². The molecule has 0 amide bonds. The number of halogens is 8. The van der Waals surface area contributed by atoms with Gasteiger partial charge in [-0.25, -0.2) is 0 Å². The van der Waals surface area contributed by atoms with Gasteiger partial charge in [-0.1, -0.05) is 0 Å². The summed E-state index contributed by atoms with van der Waals surface area (Å²) in [6, 6.07) is 0. The smallest absolute Gasteiger partial charge is 0.344 e. The van der Waals surface area contributed by atoms with Crippen molar-refractivity contribution in [3.8, 4) is 0 Å². The summed E-state index contributed by atoms with van der Waals surface area (Å²) in [5, 5.41) is -6.76. The minimum atomic E-state index is -7.00. The molecule has 0 aliphatic rings. The summed E-state index contributed by atoms with van der Waals surface area (Å²) in [6.07, 6.45) is 0. The third-order valence-corrected chi connectivity index (χ3v) is 2.54. The molecule has 0 bridgehead atoms. The first-order valence-electron chi connectivity index (χ1n) is 3.48. The maximum Gasteiger partial charge on any atom is 0.438 e. The van der Waals surface area contributed by atoms with Gasteiger partial charge in [-0.15, -0.1) is 0 Å². The van der Waals surface area contributed by atoms with Gasteiger partial charge in [0.1, 0.15) is 0 Å². The van der Waals surface area contributed by atoms with E-state index in [1.807, 2.05) is 0 Å². The summed E-state index contributed by atoms with van der Waals surface area (Å²) < 4.78 is 126. The van der Waals surface area contributed by atoms with Crippen LogP contribution in [-0.2, 0) is 10.1 Å². The molecule has 0 aromatic rings. The van der Waals surface area contributed by atoms with Crippen LogP contribution >= 0.6 is 0 Å². The summed E-state index contributed by atoms with van der Waals surface area (Å²) in [6.45, 7) is -0.805. The molecule has 0 radical (unpaired) electrons. The van der Waals surface area contributed by atoms with E-state index in [1.54, 1.807) is 0 Å². The van der Waals surface area contributed by atoms with Crippen LogP contribution < -0.4 is 6.15 Å². The molecule has 0 unspecified atom stereocenters.